The summed E-state index contributed by atoms with van der Waals surface area (Å²) >= 11 is 0. The van der Waals surface area contributed by atoms with Crippen LogP contribution in [-0.2, 0) is 6.54 Å². The van der Waals surface area contributed by atoms with Gasteiger partial charge in [-0.05, 0) is 50.4 Å². The number of hydrogen-bond donors (Lipinski definition) is 1. The van der Waals surface area contributed by atoms with Gasteiger partial charge in [0.1, 0.15) is 0 Å². The molecule has 0 saturated heterocycles. The Bertz CT molecular complexity index is 404. The van der Waals surface area contributed by atoms with Crippen LogP contribution in [0.5, 0.6) is 11.5 Å². The van der Waals surface area contributed by atoms with Gasteiger partial charge in [0, 0.05) is 6.54 Å². The molecule has 0 heterocycles. The second-order valence-corrected chi connectivity index (χ2v) is 5.96. The number of ether oxygens (including phenoxy) is 2. The van der Waals surface area contributed by atoms with E-state index in [1.807, 2.05) is 13.0 Å². The molecule has 1 N–H and O–H groups in total. The lowest BCUT2D eigenvalue weighted by Crippen LogP contribution is -2.19. The van der Waals surface area contributed by atoms with E-state index >= 15 is 0 Å². The Morgan fingerprint density at radius 2 is 1.86 bits per heavy atom. The third-order valence-electron chi connectivity index (χ3n) is 3.21. The summed E-state index contributed by atoms with van der Waals surface area (Å²) in [6, 6.07) is 6.23. The molecular formula is C18H31NO2. The number of benzene rings is 1. The highest BCUT2D eigenvalue weighted by Gasteiger charge is 2.10. The molecule has 3 nitrogen and oxygen atoms in total. The molecule has 0 spiro atoms. The highest BCUT2D eigenvalue weighted by Crippen LogP contribution is 2.30. The molecule has 0 radical (unpaired) electrons. The molecule has 0 saturated carbocycles. The van der Waals surface area contributed by atoms with Gasteiger partial charge in [0.05, 0.1) is 12.7 Å². The Labute approximate surface area is 130 Å². The molecule has 3 heteroatoms. The monoisotopic (exact) mass is 293 g/mol. The molecule has 0 aliphatic carbocycles. The molecule has 1 aromatic carbocycles. The van der Waals surface area contributed by atoms with Crippen LogP contribution in [0.1, 0.15) is 53.0 Å². The van der Waals surface area contributed by atoms with E-state index in [-0.39, 0.29) is 6.10 Å². The van der Waals surface area contributed by atoms with E-state index in [9.17, 15) is 0 Å². The van der Waals surface area contributed by atoms with E-state index in [1.165, 1.54) is 5.56 Å². The smallest absolute Gasteiger partial charge is 0.161 e. The van der Waals surface area contributed by atoms with Crippen molar-refractivity contribution < 1.29 is 9.47 Å². The lowest BCUT2D eigenvalue weighted by molar-refractivity contribution is 0.197. The third kappa shape index (κ3) is 6.85. The Morgan fingerprint density at radius 1 is 1.10 bits per heavy atom. The average Bonchev–Trinajstić information content (AvgIpc) is 2.42. The minimum absolute atomic E-state index is 0.221. The van der Waals surface area contributed by atoms with Crippen LogP contribution in [0.2, 0.25) is 0 Å². The lowest BCUT2D eigenvalue weighted by Gasteiger charge is -2.18. The summed E-state index contributed by atoms with van der Waals surface area (Å²) in [5.74, 6) is 2.36. The number of hydrogen-bond acceptors (Lipinski definition) is 3. The molecule has 0 aliphatic rings. The standard InChI is InChI=1S/C18H31NO2/c1-6-8-15(5)21-17-10-9-16(11-18(17)20-7-2)13-19-12-14(3)4/h9-11,14-15,19H,6-8,12-13H2,1-5H3. The minimum Gasteiger partial charge on any atom is -0.490 e. The first-order valence-electron chi connectivity index (χ1n) is 8.19. The Morgan fingerprint density at radius 3 is 2.48 bits per heavy atom. The van der Waals surface area contributed by atoms with Crippen LogP contribution in [-0.4, -0.2) is 19.3 Å². The molecule has 21 heavy (non-hydrogen) atoms. The first-order valence-corrected chi connectivity index (χ1v) is 8.19. The van der Waals surface area contributed by atoms with Crippen molar-refractivity contribution in [2.24, 2.45) is 5.92 Å². The fourth-order valence-electron chi connectivity index (χ4n) is 2.22. The molecular weight excluding hydrogens is 262 g/mol. The first kappa shape index (κ1) is 17.8. The Kier molecular flexibility index (Phi) is 8.21. The highest BCUT2D eigenvalue weighted by molar-refractivity contribution is 5.43. The van der Waals surface area contributed by atoms with Crippen molar-refractivity contribution in [1.29, 1.82) is 0 Å². The maximum atomic E-state index is 5.99. The van der Waals surface area contributed by atoms with Crippen LogP contribution in [0.15, 0.2) is 18.2 Å². The van der Waals surface area contributed by atoms with Crippen molar-refractivity contribution in [2.75, 3.05) is 13.2 Å². The Hall–Kier alpha value is -1.22. The summed E-state index contributed by atoms with van der Waals surface area (Å²) in [6.07, 6.45) is 2.41. The fourth-order valence-corrected chi connectivity index (χ4v) is 2.22. The van der Waals surface area contributed by atoms with Crippen molar-refractivity contribution >= 4 is 0 Å². The zero-order valence-corrected chi connectivity index (χ0v) is 14.2. The van der Waals surface area contributed by atoms with Crippen LogP contribution in [0.4, 0.5) is 0 Å². The SMILES string of the molecule is CCCC(C)Oc1ccc(CNCC(C)C)cc1OCC. The highest BCUT2D eigenvalue weighted by atomic mass is 16.5. The zero-order valence-electron chi connectivity index (χ0n) is 14.2. The molecule has 1 unspecified atom stereocenters. The maximum absolute atomic E-state index is 5.99. The second kappa shape index (κ2) is 9.67. The van der Waals surface area contributed by atoms with Crippen LogP contribution in [0, 0.1) is 5.92 Å². The van der Waals surface area contributed by atoms with Crippen molar-refractivity contribution in [1.82, 2.24) is 5.32 Å². The van der Waals surface area contributed by atoms with Crippen LogP contribution in [0.3, 0.4) is 0 Å². The van der Waals surface area contributed by atoms with Gasteiger partial charge < -0.3 is 14.8 Å². The van der Waals surface area contributed by atoms with E-state index in [2.05, 4.69) is 45.1 Å². The van der Waals surface area contributed by atoms with Gasteiger partial charge >= 0.3 is 0 Å². The van der Waals surface area contributed by atoms with Gasteiger partial charge in [-0.15, -0.1) is 0 Å². The van der Waals surface area contributed by atoms with Gasteiger partial charge in [0.2, 0.25) is 0 Å². The van der Waals surface area contributed by atoms with E-state index in [4.69, 9.17) is 9.47 Å². The van der Waals surface area contributed by atoms with Crippen molar-refractivity contribution in [3.05, 3.63) is 23.8 Å². The molecule has 0 aliphatic heterocycles. The van der Waals surface area contributed by atoms with Crippen LogP contribution in [0.25, 0.3) is 0 Å². The van der Waals surface area contributed by atoms with Crippen LogP contribution < -0.4 is 14.8 Å². The molecule has 0 amide bonds. The van der Waals surface area contributed by atoms with E-state index in [1.54, 1.807) is 0 Å². The quantitative estimate of drug-likeness (QED) is 0.693. The lowest BCUT2D eigenvalue weighted by atomic mass is 10.1. The maximum Gasteiger partial charge on any atom is 0.161 e. The summed E-state index contributed by atoms with van der Waals surface area (Å²) < 4.78 is 11.7. The number of nitrogens with one attached hydrogen (secondary N) is 1. The fraction of sp³-hybridized carbons (Fsp3) is 0.667. The minimum atomic E-state index is 0.221. The van der Waals surface area contributed by atoms with Crippen molar-refractivity contribution in [3.8, 4) is 11.5 Å². The van der Waals surface area contributed by atoms with E-state index in [0.29, 0.717) is 12.5 Å². The molecule has 1 atom stereocenters. The second-order valence-electron chi connectivity index (χ2n) is 5.96. The van der Waals surface area contributed by atoms with Crippen LogP contribution >= 0.6 is 0 Å². The third-order valence-corrected chi connectivity index (χ3v) is 3.21. The normalized spacial score (nSPS) is 12.5. The summed E-state index contributed by atoms with van der Waals surface area (Å²) in [5.41, 5.74) is 1.23. The average molecular weight is 293 g/mol. The van der Waals surface area contributed by atoms with E-state index < -0.39 is 0 Å². The van der Waals surface area contributed by atoms with Gasteiger partial charge in [-0.25, -0.2) is 0 Å². The zero-order chi connectivity index (χ0) is 15.7. The summed E-state index contributed by atoms with van der Waals surface area (Å²) in [4.78, 5) is 0. The topological polar surface area (TPSA) is 30.5 Å². The van der Waals surface area contributed by atoms with Gasteiger partial charge in [-0.3, -0.25) is 0 Å². The predicted molar refractivity (Wildman–Crippen MR) is 89.2 cm³/mol. The molecule has 1 rings (SSSR count). The van der Waals surface area contributed by atoms with Gasteiger partial charge in [-0.2, -0.15) is 0 Å². The first-order chi connectivity index (χ1) is 10.1. The summed E-state index contributed by atoms with van der Waals surface area (Å²) in [6.45, 7) is 13.3. The van der Waals surface area contributed by atoms with Gasteiger partial charge in [-0.1, -0.05) is 33.3 Å². The van der Waals surface area contributed by atoms with E-state index in [0.717, 1.165) is 37.4 Å². The molecule has 0 fully saturated rings. The molecule has 0 aromatic heterocycles. The molecule has 0 bridgehead atoms. The Balaban J connectivity index is 2.71. The van der Waals surface area contributed by atoms with Crippen molar-refractivity contribution in [3.63, 3.8) is 0 Å². The van der Waals surface area contributed by atoms with Gasteiger partial charge in [0.25, 0.3) is 0 Å². The summed E-state index contributed by atoms with van der Waals surface area (Å²) in [5, 5.41) is 3.45. The molecule has 120 valence electrons. The largest absolute Gasteiger partial charge is 0.490 e. The van der Waals surface area contributed by atoms with Crippen molar-refractivity contribution in [2.45, 2.75) is 60.1 Å². The van der Waals surface area contributed by atoms with Gasteiger partial charge in [0.15, 0.2) is 11.5 Å². The predicted octanol–water partition coefficient (Wildman–Crippen LogP) is 4.40. The summed E-state index contributed by atoms with van der Waals surface area (Å²) in [7, 11) is 0. The number of rotatable bonds is 10. The molecule has 1 aromatic rings.